The largest absolute Gasteiger partial charge is 0.480 e. The summed E-state index contributed by atoms with van der Waals surface area (Å²) in [5, 5.41) is 9.64. The van der Waals surface area contributed by atoms with Gasteiger partial charge in [-0.05, 0) is 70.0 Å². The molecule has 0 unspecified atom stereocenters. The summed E-state index contributed by atoms with van der Waals surface area (Å²) in [6, 6.07) is 6.08. The van der Waals surface area contributed by atoms with Crippen LogP contribution >= 0.6 is 0 Å². The molecule has 0 radical (unpaired) electrons. The van der Waals surface area contributed by atoms with Crippen LogP contribution in [0.2, 0.25) is 0 Å². The highest BCUT2D eigenvalue weighted by atomic mass is 16.4. The van der Waals surface area contributed by atoms with Crippen LogP contribution in [-0.4, -0.2) is 52.5 Å². The van der Waals surface area contributed by atoms with Crippen LogP contribution in [0.3, 0.4) is 0 Å². The Morgan fingerprint density at radius 1 is 1.11 bits per heavy atom. The number of aryl methyl sites for hydroxylation is 2. The van der Waals surface area contributed by atoms with Crippen molar-refractivity contribution >= 4 is 11.9 Å². The molecular formula is C22H30N2O3. The topological polar surface area (TPSA) is 60.9 Å². The van der Waals surface area contributed by atoms with Crippen molar-refractivity contribution < 1.29 is 14.7 Å². The first-order valence-electron chi connectivity index (χ1n) is 10.2. The van der Waals surface area contributed by atoms with Gasteiger partial charge in [-0.1, -0.05) is 29.3 Å². The van der Waals surface area contributed by atoms with Gasteiger partial charge in [0.25, 0.3) is 0 Å². The van der Waals surface area contributed by atoms with E-state index in [4.69, 9.17) is 0 Å². The van der Waals surface area contributed by atoms with E-state index < -0.39 is 12.0 Å². The molecule has 0 aromatic heterocycles. The van der Waals surface area contributed by atoms with Gasteiger partial charge in [-0.3, -0.25) is 9.69 Å². The number of carbonyl (C=O) groups is 2. The Morgan fingerprint density at radius 3 is 2.30 bits per heavy atom. The molecule has 2 heterocycles. The Labute approximate surface area is 161 Å². The van der Waals surface area contributed by atoms with Gasteiger partial charge in [0.15, 0.2) is 0 Å². The first kappa shape index (κ1) is 18.5. The zero-order valence-corrected chi connectivity index (χ0v) is 16.4. The molecule has 1 aromatic carbocycles. The summed E-state index contributed by atoms with van der Waals surface area (Å²) in [7, 11) is 0. The summed E-state index contributed by atoms with van der Waals surface area (Å²) in [5.74, 6) is -0.665. The quantitative estimate of drug-likeness (QED) is 0.885. The van der Waals surface area contributed by atoms with Crippen LogP contribution in [0.15, 0.2) is 18.2 Å². The third-order valence-electron chi connectivity index (χ3n) is 6.61. The number of likely N-dealkylation sites (tertiary alicyclic amines) is 2. The first-order valence-corrected chi connectivity index (χ1v) is 10.2. The molecule has 4 rings (SSSR count). The van der Waals surface area contributed by atoms with E-state index in [2.05, 4.69) is 36.9 Å². The monoisotopic (exact) mass is 370 g/mol. The molecule has 1 atom stereocenters. The van der Waals surface area contributed by atoms with Crippen LogP contribution in [0.5, 0.6) is 0 Å². The second kappa shape index (κ2) is 6.93. The molecule has 1 saturated carbocycles. The minimum Gasteiger partial charge on any atom is -0.480 e. The number of carboxylic acid groups (broad SMARTS) is 1. The van der Waals surface area contributed by atoms with E-state index in [1.165, 1.54) is 16.7 Å². The number of carboxylic acids is 1. The Morgan fingerprint density at radius 2 is 1.74 bits per heavy atom. The summed E-state index contributed by atoms with van der Waals surface area (Å²) < 4.78 is 0. The van der Waals surface area contributed by atoms with Crippen molar-refractivity contribution in [1.29, 1.82) is 0 Å². The third-order valence-corrected chi connectivity index (χ3v) is 6.61. The number of aliphatic carboxylic acids is 1. The van der Waals surface area contributed by atoms with E-state index in [0.717, 1.165) is 45.3 Å². The van der Waals surface area contributed by atoms with E-state index in [9.17, 15) is 14.7 Å². The van der Waals surface area contributed by atoms with Gasteiger partial charge >= 0.3 is 5.97 Å². The van der Waals surface area contributed by atoms with Crippen molar-refractivity contribution in [3.8, 4) is 0 Å². The minimum absolute atomic E-state index is 0.00731. The van der Waals surface area contributed by atoms with Crippen LogP contribution in [0.1, 0.15) is 48.8 Å². The predicted molar refractivity (Wildman–Crippen MR) is 103 cm³/mol. The third kappa shape index (κ3) is 3.88. The summed E-state index contributed by atoms with van der Waals surface area (Å²) in [6.45, 7) is 7.81. The molecule has 3 aliphatic rings. The molecule has 0 bridgehead atoms. The molecule has 1 spiro atoms. The van der Waals surface area contributed by atoms with E-state index in [-0.39, 0.29) is 17.2 Å². The number of rotatable bonds is 4. The molecule has 2 saturated heterocycles. The molecule has 3 fully saturated rings. The van der Waals surface area contributed by atoms with Crippen molar-refractivity contribution in [3.63, 3.8) is 0 Å². The summed E-state index contributed by atoms with van der Waals surface area (Å²) in [5.41, 5.74) is 3.94. The molecule has 146 valence electrons. The molecule has 27 heavy (non-hydrogen) atoms. The number of piperidine rings is 1. The second-order valence-corrected chi connectivity index (χ2v) is 9.07. The Balaban J connectivity index is 1.40. The minimum atomic E-state index is -0.835. The summed E-state index contributed by atoms with van der Waals surface area (Å²) >= 11 is 0. The molecule has 1 amide bonds. The molecule has 1 aromatic rings. The number of amides is 1. The standard InChI is InChI=1S/C22H30N2O3/c1-15-9-16(2)11-17(10-15)13-23-7-5-22(6-8-23)12-19(21(26)27)24(14-22)20(25)18-3-4-18/h9-11,18-19H,3-8,12-14H2,1-2H3,(H,26,27)/t19-/m0/s1. The average molecular weight is 370 g/mol. The molecule has 1 N–H and O–H groups in total. The van der Waals surface area contributed by atoms with E-state index >= 15 is 0 Å². The molecular weight excluding hydrogens is 340 g/mol. The zero-order valence-electron chi connectivity index (χ0n) is 16.4. The zero-order chi connectivity index (χ0) is 19.2. The average Bonchev–Trinajstić information content (AvgIpc) is 3.38. The molecule has 5 nitrogen and oxygen atoms in total. The fraction of sp³-hybridized carbons (Fsp3) is 0.636. The lowest BCUT2D eigenvalue weighted by Crippen LogP contribution is -2.43. The smallest absolute Gasteiger partial charge is 0.326 e. The molecule has 1 aliphatic carbocycles. The number of nitrogens with zero attached hydrogens (tertiary/aromatic N) is 2. The van der Waals surface area contributed by atoms with Crippen LogP contribution in [-0.2, 0) is 16.1 Å². The maximum absolute atomic E-state index is 12.6. The first-order chi connectivity index (χ1) is 12.8. The van der Waals surface area contributed by atoms with Crippen molar-refractivity contribution in [2.24, 2.45) is 11.3 Å². The summed E-state index contributed by atoms with van der Waals surface area (Å²) in [4.78, 5) is 28.5. The Kier molecular flexibility index (Phi) is 4.75. The van der Waals surface area contributed by atoms with Gasteiger partial charge in [0.1, 0.15) is 6.04 Å². The summed E-state index contributed by atoms with van der Waals surface area (Å²) in [6.07, 6.45) is 4.45. The van der Waals surface area contributed by atoms with Gasteiger partial charge in [-0.15, -0.1) is 0 Å². The van der Waals surface area contributed by atoms with Gasteiger partial charge in [-0.25, -0.2) is 4.79 Å². The van der Waals surface area contributed by atoms with Crippen molar-refractivity contribution in [3.05, 3.63) is 34.9 Å². The molecule has 2 aliphatic heterocycles. The number of carbonyl (C=O) groups excluding carboxylic acids is 1. The lowest BCUT2D eigenvalue weighted by Gasteiger charge is -2.39. The maximum atomic E-state index is 12.6. The van der Waals surface area contributed by atoms with Crippen molar-refractivity contribution in [2.45, 2.75) is 58.5 Å². The van der Waals surface area contributed by atoms with Crippen LogP contribution in [0, 0.1) is 25.2 Å². The lowest BCUT2D eigenvalue weighted by atomic mass is 9.76. The van der Waals surface area contributed by atoms with Gasteiger partial charge in [0, 0.05) is 19.0 Å². The van der Waals surface area contributed by atoms with Gasteiger partial charge in [-0.2, -0.15) is 0 Å². The van der Waals surface area contributed by atoms with Gasteiger partial charge in [0.05, 0.1) is 0 Å². The van der Waals surface area contributed by atoms with Crippen LogP contribution < -0.4 is 0 Å². The van der Waals surface area contributed by atoms with Crippen molar-refractivity contribution in [2.75, 3.05) is 19.6 Å². The highest BCUT2D eigenvalue weighted by Crippen LogP contribution is 2.45. The van der Waals surface area contributed by atoms with Gasteiger partial charge in [0.2, 0.25) is 5.91 Å². The van der Waals surface area contributed by atoms with E-state index in [1.807, 2.05) is 0 Å². The van der Waals surface area contributed by atoms with Gasteiger partial charge < -0.3 is 10.0 Å². The SMILES string of the molecule is Cc1cc(C)cc(CN2CCC3(CC2)C[C@@H](C(=O)O)N(C(=O)C2CC2)C3)c1. The predicted octanol–water partition coefficient (Wildman–Crippen LogP) is 2.98. The number of hydrogen-bond donors (Lipinski definition) is 1. The normalized spacial score (nSPS) is 25.1. The second-order valence-electron chi connectivity index (χ2n) is 9.07. The number of hydrogen-bond acceptors (Lipinski definition) is 3. The Bertz CT molecular complexity index is 728. The fourth-order valence-corrected chi connectivity index (χ4v) is 5.04. The number of benzene rings is 1. The van der Waals surface area contributed by atoms with Crippen LogP contribution in [0.4, 0.5) is 0 Å². The maximum Gasteiger partial charge on any atom is 0.326 e. The van der Waals surface area contributed by atoms with E-state index in [1.54, 1.807) is 4.90 Å². The lowest BCUT2D eigenvalue weighted by molar-refractivity contribution is -0.148. The highest BCUT2D eigenvalue weighted by Gasteiger charge is 2.51. The van der Waals surface area contributed by atoms with Crippen molar-refractivity contribution in [1.82, 2.24) is 9.80 Å². The fourth-order valence-electron chi connectivity index (χ4n) is 5.04. The van der Waals surface area contributed by atoms with E-state index in [0.29, 0.717) is 13.0 Å². The molecule has 5 heteroatoms. The van der Waals surface area contributed by atoms with Crippen LogP contribution in [0.25, 0.3) is 0 Å². The highest BCUT2D eigenvalue weighted by molar-refractivity contribution is 5.87. The Hall–Kier alpha value is -1.88.